The third kappa shape index (κ3) is 6.06. The van der Waals surface area contributed by atoms with Gasteiger partial charge in [-0.25, -0.2) is 4.79 Å². The van der Waals surface area contributed by atoms with Crippen LogP contribution in [0.4, 0.5) is 21.9 Å². The number of hydrogen-bond acceptors (Lipinski definition) is 4. The number of rotatable bonds is 7. The molecule has 1 heterocycles. The van der Waals surface area contributed by atoms with Crippen molar-refractivity contribution in [2.24, 2.45) is 0 Å². The molecular formula is C20H26N4O2. The summed E-state index contributed by atoms with van der Waals surface area (Å²) in [6, 6.07) is 17.5. The zero-order chi connectivity index (χ0) is 18.0. The minimum Gasteiger partial charge on any atom is -0.379 e. The smallest absolute Gasteiger partial charge is 0.319 e. The number of carbonyl (C=O) groups excluding carboxylic acids is 1. The van der Waals surface area contributed by atoms with Crippen LogP contribution in [0.3, 0.4) is 0 Å². The van der Waals surface area contributed by atoms with Crippen LogP contribution in [-0.4, -0.2) is 50.3 Å². The Hall–Kier alpha value is -2.57. The SMILES string of the molecule is O=C(NCCCN1CCOCC1)Nc1ccc(Nc2ccccc2)cc1. The summed E-state index contributed by atoms with van der Waals surface area (Å²) < 4.78 is 5.33. The molecule has 1 saturated heterocycles. The first kappa shape index (κ1) is 18.2. The van der Waals surface area contributed by atoms with Gasteiger partial charge in [0.05, 0.1) is 13.2 Å². The molecular weight excluding hydrogens is 328 g/mol. The summed E-state index contributed by atoms with van der Waals surface area (Å²) in [7, 11) is 0. The molecule has 0 saturated carbocycles. The van der Waals surface area contributed by atoms with Crippen molar-refractivity contribution in [1.29, 1.82) is 0 Å². The van der Waals surface area contributed by atoms with E-state index in [1.54, 1.807) is 0 Å². The molecule has 1 fully saturated rings. The van der Waals surface area contributed by atoms with Gasteiger partial charge in [-0.05, 0) is 49.4 Å². The van der Waals surface area contributed by atoms with Crippen LogP contribution in [0.2, 0.25) is 0 Å². The predicted molar refractivity (Wildman–Crippen MR) is 105 cm³/mol. The van der Waals surface area contributed by atoms with Crippen LogP contribution >= 0.6 is 0 Å². The lowest BCUT2D eigenvalue weighted by Crippen LogP contribution is -2.38. The van der Waals surface area contributed by atoms with E-state index < -0.39 is 0 Å². The van der Waals surface area contributed by atoms with Gasteiger partial charge in [-0.15, -0.1) is 0 Å². The minimum atomic E-state index is -0.171. The van der Waals surface area contributed by atoms with Crippen molar-refractivity contribution in [1.82, 2.24) is 10.2 Å². The zero-order valence-corrected chi connectivity index (χ0v) is 14.9. The molecule has 3 N–H and O–H groups in total. The summed E-state index contributed by atoms with van der Waals surface area (Å²) in [5.74, 6) is 0. The lowest BCUT2D eigenvalue weighted by molar-refractivity contribution is 0.0375. The zero-order valence-electron chi connectivity index (χ0n) is 14.9. The van der Waals surface area contributed by atoms with E-state index in [1.165, 1.54) is 0 Å². The van der Waals surface area contributed by atoms with Crippen molar-refractivity contribution in [3.8, 4) is 0 Å². The summed E-state index contributed by atoms with van der Waals surface area (Å²) in [6.07, 6.45) is 0.938. The Morgan fingerprint density at radius 3 is 2.31 bits per heavy atom. The van der Waals surface area contributed by atoms with Gasteiger partial charge in [0.25, 0.3) is 0 Å². The van der Waals surface area contributed by atoms with E-state index in [1.807, 2.05) is 54.6 Å². The molecule has 3 rings (SSSR count). The van der Waals surface area contributed by atoms with E-state index in [4.69, 9.17) is 4.74 Å². The van der Waals surface area contributed by atoms with Crippen molar-refractivity contribution in [3.05, 3.63) is 54.6 Å². The van der Waals surface area contributed by atoms with Crippen LogP contribution in [0, 0.1) is 0 Å². The van der Waals surface area contributed by atoms with Gasteiger partial charge in [-0.1, -0.05) is 18.2 Å². The summed E-state index contributed by atoms with van der Waals surface area (Å²) in [5.41, 5.74) is 2.79. The molecule has 26 heavy (non-hydrogen) atoms. The molecule has 2 aromatic carbocycles. The highest BCUT2D eigenvalue weighted by Crippen LogP contribution is 2.18. The van der Waals surface area contributed by atoms with E-state index in [9.17, 15) is 4.79 Å². The fourth-order valence-corrected chi connectivity index (χ4v) is 2.83. The molecule has 0 atom stereocenters. The molecule has 2 amide bonds. The van der Waals surface area contributed by atoms with Gasteiger partial charge < -0.3 is 20.7 Å². The Labute approximate surface area is 154 Å². The summed E-state index contributed by atoms with van der Waals surface area (Å²) >= 11 is 0. The van der Waals surface area contributed by atoms with Crippen LogP contribution in [0.15, 0.2) is 54.6 Å². The number of ether oxygens (including phenoxy) is 1. The summed E-state index contributed by atoms with van der Waals surface area (Å²) in [5, 5.41) is 9.08. The number of nitrogens with one attached hydrogen (secondary N) is 3. The number of amides is 2. The minimum absolute atomic E-state index is 0.171. The molecule has 6 heteroatoms. The standard InChI is InChI=1S/C20H26N4O2/c25-20(21-11-4-12-24-13-15-26-16-14-24)23-19-9-7-18(8-10-19)22-17-5-2-1-3-6-17/h1-3,5-10,22H,4,11-16H2,(H2,21,23,25). The number of anilines is 3. The van der Waals surface area contributed by atoms with E-state index >= 15 is 0 Å². The maximum atomic E-state index is 12.0. The molecule has 0 spiro atoms. The number of benzene rings is 2. The highest BCUT2D eigenvalue weighted by molar-refractivity contribution is 5.89. The Balaban J connectivity index is 1.36. The van der Waals surface area contributed by atoms with Crippen LogP contribution < -0.4 is 16.0 Å². The second-order valence-corrected chi connectivity index (χ2v) is 6.26. The molecule has 1 aliphatic heterocycles. The first-order valence-corrected chi connectivity index (χ1v) is 9.07. The first-order valence-electron chi connectivity index (χ1n) is 9.07. The highest BCUT2D eigenvalue weighted by Gasteiger charge is 2.09. The average Bonchev–Trinajstić information content (AvgIpc) is 2.68. The Morgan fingerprint density at radius 1 is 0.923 bits per heavy atom. The second kappa shape index (κ2) is 9.79. The van der Waals surface area contributed by atoms with E-state index in [0.29, 0.717) is 6.54 Å². The quantitative estimate of drug-likeness (QED) is 0.668. The number of carbonyl (C=O) groups is 1. The fraction of sp³-hybridized carbons (Fsp3) is 0.350. The van der Waals surface area contributed by atoms with Crippen molar-refractivity contribution >= 4 is 23.1 Å². The lowest BCUT2D eigenvalue weighted by Gasteiger charge is -2.26. The van der Waals surface area contributed by atoms with Gasteiger partial charge in [0, 0.05) is 36.7 Å². The monoisotopic (exact) mass is 354 g/mol. The molecule has 0 aliphatic carbocycles. The first-order chi connectivity index (χ1) is 12.8. The van der Waals surface area contributed by atoms with Crippen molar-refractivity contribution in [2.75, 3.05) is 50.0 Å². The summed E-state index contributed by atoms with van der Waals surface area (Å²) in [4.78, 5) is 14.3. The Morgan fingerprint density at radius 2 is 1.58 bits per heavy atom. The van der Waals surface area contributed by atoms with Gasteiger partial charge >= 0.3 is 6.03 Å². The predicted octanol–water partition coefficient (Wildman–Crippen LogP) is 3.27. The van der Waals surface area contributed by atoms with E-state index in [0.717, 1.165) is 56.3 Å². The number of nitrogens with zero attached hydrogens (tertiary/aromatic N) is 1. The molecule has 1 aliphatic rings. The highest BCUT2D eigenvalue weighted by atomic mass is 16.5. The summed E-state index contributed by atoms with van der Waals surface area (Å²) in [6.45, 7) is 5.23. The number of urea groups is 1. The number of morpholine rings is 1. The topological polar surface area (TPSA) is 65.6 Å². The van der Waals surface area contributed by atoms with Gasteiger partial charge in [-0.2, -0.15) is 0 Å². The van der Waals surface area contributed by atoms with Crippen LogP contribution in [-0.2, 0) is 4.74 Å². The lowest BCUT2D eigenvalue weighted by atomic mass is 10.2. The molecule has 0 unspecified atom stereocenters. The Kier molecular flexibility index (Phi) is 6.87. The maximum absolute atomic E-state index is 12.0. The molecule has 0 radical (unpaired) electrons. The number of para-hydroxylation sites is 1. The van der Waals surface area contributed by atoms with Crippen molar-refractivity contribution < 1.29 is 9.53 Å². The van der Waals surface area contributed by atoms with Gasteiger partial charge in [0.15, 0.2) is 0 Å². The van der Waals surface area contributed by atoms with Crippen molar-refractivity contribution in [2.45, 2.75) is 6.42 Å². The molecule has 0 aromatic heterocycles. The maximum Gasteiger partial charge on any atom is 0.319 e. The van der Waals surface area contributed by atoms with E-state index in [2.05, 4.69) is 20.9 Å². The van der Waals surface area contributed by atoms with Gasteiger partial charge in [0.1, 0.15) is 0 Å². The molecule has 138 valence electrons. The Bertz CT molecular complexity index is 670. The van der Waals surface area contributed by atoms with Crippen molar-refractivity contribution in [3.63, 3.8) is 0 Å². The van der Waals surface area contributed by atoms with Gasteiger partial charge in [0.2, 0.25) is 0 Å². The van der Waals surface area contributed by atoms with Gasteiger partial charge in [-0.3, -0.25) is 4.90 Å². The van der Waals surface area contributed by atoms with Crippen LogP contribution in [0.1, 0.15) is 6.42 Å². The van der Waals surface area contributed by atoms with E-state index in [-0.39, 0.29) is 6.03 Å². The van der Waals surface area contributed by atoms with Crippen LogP contribution in [0.5, 0.6) is 0 Å². The average molecular weight is 354 g/mol. The molecule has 2 aromatic rings. The molecule has 6 nitrogen and oxygen atoms in total. The largest absolute Gasteiger partial charge is 0.379 e. The second-order valence-electron chi connectivity index (χ2n) is 6.26. The third-order valence-corrected chi connectivity index (χ3v) is 4.25. The third-order valence-electron chi connectivity index (χ3n) is 4.25. The van der Waals surface area contributed by atoms with Crippen LogP contribution in [0.25, 0.3) is 0 Å². The molecule has 0 bridgehead atoms. The normalized spacial score (nSPS) is 14.6. The fourth-order valence-electron chi connectivity index (χ4n) is 2.83. The number of hydrogen-bond donors (Lipinski definition) is 3.